The van der Waals surface area contributed by atoms with Gasteiger partial charge in [0.2, 0.25) is 0 Å². The van der Waals surface area contributed by atoms with Gasteiger partial charge in [0, 0.05) is 0 Å². The molecule has 0 N–H and O–H groups in total. The molecule has 2 aliphatic carbocycles. The summed E-state index contributed by atoms with van der Waals surface area (Å²) in [6, 6.07) is 18.3. The molecule has 0 bridgehead atoms. The number of carbonyl (C=O) groups is 2. The minimum atomic E-state index is -0.410. The fourth-order valence-corrected chi connectivity index (χ4v) is 8.36. The summed E-state index contributed by atoms with van der Waals surface area (Å²) in [6.45, 7) is 4.39. The number of ether oxygens (including phenoxy) is 2. The first kappa shape index (κ1) is 22.5. The SMILES string of the molecule is CC12SC(C(=O)Oc3ccccc3)=CC1=C1CCCC1=C1C=C(C(=O)Oc3ccccc3)SC12C. The average molecular weight is 501 g/mol. The summed E-state index contributed by atoms with van der Waals surface area (Å²) < 4.78 is 10.5. The van der Waals surface area contributed by atoms with Crippen molar-refractivity contribution < 1.29 is 19.1 Å². The Morgan fingerprint density at radius 2 is 1.09 bits per heavy atom. The number of para-hydroxylation sites is 2. The van der Waals surface area contributed by atoms with Crippen LogP contribution < -0.4 is 9.47 Å². The first-order valence-corrected chi connectivity index (χ1v) is 13.4. The lowest BCUT2D eigenvalue weighted by atomic mass is 9.72. The fourth-order valence-electron chi connectivity index (χ4n) is 5.44. The maximum absolute atomic E-state index is 13.1. The number of hydrogen-bond donors (Lipinski definition) is 0. The number of allylic oxidation sites excluding steroid dienone is 4. The maximum atomic E-state index is 13.1. The van der Waals surface area contributed by atoms with Crippen LogP contribution in [0.2, 0.25) is 0 Å². The zero-order chi connectivity index (χ0) is 24.2. The number of rotatable bonds is 4. The van der Waals surface area contributed by atoms with E-state index >= 15 is 0 Å². The van der Waals surface area contributed by atoms with Gasteiger partial charge in [0.05, 0.1) is 19.3 Å². The highest BCUT2D eigenvalue weighted by molar-refractivity contribution is 8.10. The summed E-state index contributed by atoms with van der Waals surface area (Å²) in [5.74, 6) is 0.390. The minimum absolute atomic E-state index is 0.339. The lowest BCUT2D eigenvalue weighted by molar-refractivity contribution is -0.130. The summed E-state index contributed by atoms with van der Waals surface area (Å²) >= 11 is 3.11. The standard InChI is InChI=1S/C29H24O4S2/c1-28-22(16-24(34-28)26(30)32-18-10-5-3-6-11-18)20-14-9-15-21(20)23-17-25(35-29(23,28)2)27(31)33-19-12-7-4-8-13-19/h3-8,10-13,16-17H,9,14-15H2,1-2H3. The molecule has 2 unspecified atom stereocenters. The fraction of sp³-hybridized carbons (Fsp3) is 0.241. The molecule has 1 fully saturated rings. The molecule has 2 heterocycles. The van der Waals surface area contributed by atoms with Gasteiger partial charge in [-0.1, -0.05) is 36.4 Å². The van der Waals surface area contributed by atoms with Crippen LogP contribution in [0.15, 0.2) is 105 Å². The lowest BCUT2D eigenvalue weighted by Crippen LogP contribution is -2.47. The van der Waals surface area contributed by atoms with Crippen molar-refractivity contribution in [2.75, 3.05) is 0 Å². The molecule has 2 aromatic rings. The third-order valence-corrected chi connectivity index (χ3v) is 10.5. The van der Waals surface area contributed by atoms with Gasteiger partial charge in [-0.05, 0) is 91.8 Å². The van der Waals surface area contributed by atoms with Gasteiger partial charge in [-0.3, -0.25) is 0 Å². The molecule has 0 saturated heterocycles. The van der Waals surface area contributed by atoms with E-state index < -0.39 is 9.49 Å². The van der Waals surface area contributed by atoms with Crippen LogP contribution in [0.25, 0.3) is 0 Å². The van der Waals surface area contributed by atoms with E-state index in [1.807, 2.05) is 48.6 Å². The molecule has 35 heavy (non-hydrogen) atoms. The van der Waals surface area contributed by atoms with Crippen LogP contribution in [-0.2, 0) is 9.59 Å². The second-order valence-corrected chi connectivity index (χ2v) is 12.3. The van der Waals surface area contributed by atoms with E-state index in [1.54, 1.807) is 47.8 Å². The van der Waals surface area contributed by atoms with Gasteiger partial charge >= 0.3 is 11.9 Å². The van der Waals surface area contributed by atoms with Crippen LogP contribution >= 0.6 is 23.5 Å². The predicted molar refractivity (Wildman–Crippen MR) is 140 cm³/mol. The Labute approximate surface area is 213 Å². The Bertz CT molecular complexity index is 1260. The lowest BCUT2D eigenvalue weighted by Gasteiger charge is -2.46. The van der Waals surface area contributed by atoms with Gasteiger partial charge in [-0.15, -0.1) is 23.5 Å². The molecule has 176 valence electrons. The smallest absolute Gasteiger partial charge is 0.350 e. The van der Waals surface area contributed by atoms with Crippen LogP contribution in [0.1, 0.15) is 33.1 Å². The number of thioether (sulfide) groups is 2. The molecule has 6 heteroatoms. The van der Waals surface area contributed by atoms with Crippen molar-refractivity contribution in [3.8, 4) is 11.5 Å². The Kier molecular flexibility index (Phi) is 5.35. The number of fused-ring (bicyclic) bond motifs is 4. The van der Waals surface area contributed by atoms with Crippen molar-refractivity contribution in [2.24, 2.45) is 0 Å². The quantitative estimate of drug-likeness (QED) is 0.341. The molecule has 2 atom stereocenters. The third-order valence-electron chi connectivity index (χ3n) is 7.30. The Hall–Kier alpha value is -2.96. The Balaban J connectivity index is 1.34. The zero-order valence-corrected chi connectivity index (χ0v) is 21.1. The number of benzene rings is 2. The number of carbonyl (C=O) groups excluding carboxylic acids is 2. The summed E-state index contributed by atoms with van der Waals surface area (Å²) in [7, 11) is 0. The van der Waals surface area contributed by atoms with Gasteiger partial charge in [-0.2, -0.15) is 0 Å². The third kappa shape index (κ3) is 3.54. The second kappa shape index (κ2) is 8.32. The summed E-state index contributed by atoms with van der Waals surface area (Å²) in [5, 5.41) is 0. The van der Waals surface area contributed by atoms with Crippen LogP contribution in [0.5, 0.6) is 11.5 Å². The van der Waals surface area contributed by atoms with Crippen LogP contribution in [0, 0.1) is 0 Å². The Morgan fingerprint density at radius 3 is 1.49 bits per heavy atom. The van der Waals surface area contributed by atoms with Crippen molar-refractivity contribution in [1.82, 2.24) is 0 Å². The van der Waals surface area contributed by atoms with Crippen LogP contribution in [0.4, 0.5) is 0 Å². The average Bonchev–Trinajstić information content (AvgIpc) is 3.56. The van der Waals surface area contributed by atoms with Gasteiger partial charge < -0.3 is 9.47 Å². The number of esters is 2. The minimum Gasteiger partial charge on any atom is -0.423 e. The first-order valence-electron chi connectivity index (χ1n) is 11.7. The molecule has 2 aliphatic heterocycles. The number of hydrogen-bond acceptors (Lipinski definition) is 6. The largest absolute Gasteiger partial charge is 0.423 e. The van der Waals surface area contributed by atoms with E-state index in [0.29, 0.717) is 21.3 Å². The van der Waals surface area contributed by atoms with E-state index in [9.17, 15) is 9.59 Å². The highest BCUT2D eigenvalue weighted by Crippen LogP contribution is 2.68. The molecule has 0 radical (unpaired) electrons. The van der Waals surface area contributed by atoms with E-state index in [0.717, 1.165) is 19.3 Å². The molecule has 0 aromatic heterocycles. The Morgan fingerprint density at radius 1 is 0.686 bits per heavy atom. The highest BCUT2D eigenvalue weighted by atomic mass is 32.2. The van der Waals surface area contributed by atoms with E-state index in [4.69, 9.17) is 9.47 Å². The molecule has 4 aliphatic rings. The van der Waals surface area contributed by atoms with Crippen molar-refractivity contribution in [3.05, 3.63) is 105 Å². The van der Waals surface area contributed by atoms with Crippen LogP contribution in [-0.4, -0.2) is 21.4 Å². The molecule has 4 nitrogen and oxygen atoms in total. The zero-order valence-electron chi connectivity index (χ0n) is 19.5. The highest BCUT2D eigenvalue weighted by Gasteiger charge is 2.60. The van der Waals surface area contributed by atoms with E-state index in [2.05, 4.69) is 13.8 Å². The van der Waals surface area contributed by atoms with Crippen molar-refractivity contribution >= 4 is 35.5 Å². The topological polar surface area (TPSA) is 52.6 Å². The molecule has 2 aromatic carbocycles. The van der Waals surface area contributed by atoms with Crippen molar-refractivity contribution in [3.63, 3.8) is 0 Å². The summed E-state index contributed by atoms with van der Waals surface area (Å²) in [6.07, 6.45) is 7.10. The normalized spacial score (nSPS) is 26.6. The first-order chi connectivity index (χ1) is 16.9. The van der Waals surface area contributed by atoms with Crippen molar-refractivity contribution in [2.45, 2.75) is 42.6 Å². The van der Waals surface area contributed by atoms with E-state index in [1.165, 1.54) is 22.3 Å². The maximum Gasteiger partial charge on any atom is 0.350 e. The molecular formula is C29H24O4S2. The molecule has 0 amide bonds. The molecule has 6 rings (SSSR count). The van der Waals surface area contributed by atoms with Gasteiger partial charge in [0.1, 0.15) is 11.5 Å². The molecular weight excluding hydrogens is 476 g/mol. The van der Waals surface area contributed by atoms with Gasteiger partial charge in [0.15, 0.2) is 0 Å². The summed E-state index contributed by atoms with van der Waals surface area (Å²) in [5.41, 5.74) is 5.04. The van der Waals surface area contributed by atoms with Gasteiger partial charge in [0.25, 0.3) is 0 Å². The molecule has 0 spiro atoms. The van der Waals surface area contributed by atoms with Crippen molar-refractivity contribution in [1.29, 1.82) is 0 Å². The summed E-state index contributed by atoms with van der Waals surface area (Å²) in [4.78, 5) is 27.5. The molecule has 1 saturated carbocycles. The van der Waals surface area contributed by atoms with Gasteiger partial charge in [-0.25, -0.2) is 9.59 Å². The van der Waals surface area contributed by atoms with Crippen LogP contribution in [0.3, 0.4) is 0 Å². The monoisotopic (exact) mass is 500 g/mol. The van der Waals surface area contributed by atoms with E-state index in [-0.39, 0.29) is 11.9 Å². The second-order valence-electron chi connectivity index (χ2n) is 9.33. The predicted octanol–water partition coefficient (Wildman–Crippen LogP) is 6.77.